The molecule has 19 heavy (non-hydrogen) atoms. The van der Waals surface area contributed by atoms with Crippen LogP contribution < -0.4 is 5.43 Å². The van der Waals surface area contributed by atoms with Crippen molar-refractivity contribution in [2.75, 3.05) is 5.43 Å². The Labute approximate surface area is 105 Å². The number of hydrogen-bond acceptors (Lipinski definition) is 7. The van der Waals surface area contributed by atoms with Gasteiger partial charge in [0.2, 0.25) is 5.71 Å². The Bertz CT molecular complexity index is 676. The van der Waals surface area contributed by atoms with Crippen molar-refractivity contribution in [3.8, 4) is 18.2 Å². The number of nitriles is 3. The highest BCUT2D eigenvalue weighted by Gasteiger charge is 2.18. The van der Waals surface area contributed by atoms with Crippen molar-refractivity contribution < 1.29 is 9.31 Å². The average Bonchev–Trinajstić information content (AvgIpc) is 2.39. The molecule has 0 spiro atoms. The summed E-state index contributed by atoms with van der Waals surface area (Å²) in [5.41, 5.74) is -0.0127. The van der Waals surface area contributed by atoms with Crippen LogP contribution in [0.1, 0.15) is 5.56 Å². The monoisotopic (exact) mass is 258 g/mol. The molecule has 9 heteroatoms. The minimum Gasteiger partial charge on any atom is -0.270 e. The zero-order valence-corrected chi connectivity index (χ0v) is 9.09. The van der Waals surface area contributed by atoms with Crippen LogP contribution in [0.2, 0.25) is 0 Å². The van der Waals surface area contributed by atoms with Crippen molar-refractivity contribution in [3.63, 3.8) is 0 Å². The summed E-state index contributed by atoms with van der Waals surface area (Å²) in [5.74, 6) is -0.985. The lowest BCUT2D eigenvalue weighted by molar-refractivity contribution is -0.384. The minimum absolute atomic E-state index is 0.371. The van der Waals surface area contributed by atoms with Gasteiger partial charge in [0, 0.05) is 12.1 Å². The van der Waals surface area contributed by atoms with Gasteiger partial charge in [0.25, 0.3) is 5.69 Å². The van der Waals surface area contributed by atoms with Gasteiger partial charge in [-0.1, -0.05) is 0 Å². The summed E-state index contributed by atoms with van der Waals surface area (Å²) in [6.45, 7) is 0. The summed E-state index contributed by atoms with van der Waals surface area (Å²) >= 11 is 0. The maximum atomic E-state index is 13.3. The summed E-state index contributed by atoms with van der Waals surface area (Å²) < 4.78 is 13.3. The second-order valence-electron chi connectivity index (χ2n) is 3.01. The summed E-state index contributed by atoms with van der Waals surface area (Å²) in [6, 6.07) is 5.71. The van der Waals surface area contributed by atoms with E-state index >= 15 is 0 Å². The Morgan fingerprint density at radius 3 is 2.47 bits per heavy atom. The molecule has 0 atom stereocenters. The van der Waals surface area contributed by atoms with Crippen LogP contribution in [0.5, 0.6) is 0 Å². The zero-order valence-electron chi connectivity index (χ0n) is 9.09. The van der Waals surface area contributed by atoms with Gasteiger partial charge < -0.3 is 0 Å². The van der Waals surface area contributed by atoms with Crippen LogP contribution in [0.25, 0.3) is 0 Å². The van der Waals surface area contributed by atoms with E-state index in [1.165, 1.54) is 18.2 Å². The standard InChI is InChI=1S/C10H3FN6O2/c11-8-2-9(16-15-7(4-13)5-14)10(17(18)19)1-6(8)3-12/h1-2,16H. The molecule has 0 fully saturated rings. The fourth-order valence-corrected chi connectivity index (χ4v) is 1.08. The van der Waals surface area contributed by atoms with Crippen LogP contribution >= 0.6 is 0 Å². The van der Waals surface area contributed by atoms with E-state index in [1.807, 2.05) is 5.43 Å². The van der Waals surface area contributed by atoms with E-state index in [-0.39, 0.29) is 5.69 Å². The first-order valence-electron chi connectivity index (χ1n) is 4.55. The molecule has 0 heterocycles. The molecule has 8 nitrogen and oxygen atoms in total. The van der Waals surface area contributed by atoms with E-state index in [0.717, 1.165) is 6.07 Å². The van der Waals surface area contributed by atoms with E-state index in [4.69, 9.17) is 15.8 Å². The van der Waals surface area contributed by atoms with E-state index in [0.29, 0.717) is 6.07 Å². The molecule has 0 aromatic heterocycles. The molecular formula is C10H3FN6O2. The van der Waals surface area contributed by atoms with Crippen LogP contribution in [0.15, 0.2) is 17.2 Å². The van der Waals surface area contributed by atoms with Crippen LogP contribution in [-0.4, -0.2) is 10.6 Å². The predicted octanol–water partition coefficient (Wildman–Crippen LogP) is 1.42. The molecule has 1 aromatic rings. The van der Waals surface area contributed by atoms with Crippen LogP contribution in [0.3, 0.4) is 0 Å². The second kappa shape index (κ2) is 5.71. The van der Waals surface area contributed by atoms with E-state index in [9.17, 15) is 14.5 Å². The van der Waals surface area contributed by atoms with Gasteiger partial charge in [0.1, 0.15) is 29.7 Å². The first-order chi connectivity index (χ1) is 9.03. The van der Waals surface area contributed by atoms with E-state index in [2.05, 4.69) is 5.10 Å². The molecule has 0 bridgehead atoms. The SMILES string of the molecule is N#CC(C#N)=NNc1cc(F)c(C#N)cc1[N+](=O)[O-]. The van der Waals surface area contributed by atoms with Gasteiger partial charge >= 0.3 is 0 Å². The topological polar surface area (TPSA) is 139 Å². The number of nitrogens with zero attached hydrogens (tertiary/aromatic N) is 5. The number of nitro groups is 1. The fraction of sp³-hybridized carbons (Fsp3) is 0. The van der Waals surface area contributed by atoms with Crippen molar-refractivity contribution in [1.29, 1.82) is 15.8 Å². The highest BCUT2D eigenvalue weighted by molar-refractivity contribution is 6.10. The fourth-order valence-electron chi connectivity index (χ4n) is 1.08. The molecule has 1 rings (SSSR count). The first kappa shape index (κ1) is 13.6. The smallest absolute Gasteiger partial charge is 0.270 e. The Balaban J connectivity index is 3.30. The number of benzene rings is 1. The summed E-state index contributed by atoms with van der Waals surface area (Å²) in [4.78, 5) is 9.89. The van der Waals surface area contributed by atoms with Crippen molar-refractivity contribution >= 4 is 17.1 Å². The van der Waals surface area contributed by atoms with Gasteiger partial charge in [-0.3, -0.25) is 15.5 Å². The normalized spacial score (nSPS) is 8.53. The van der Waals surface area contributed by atoms with Gasteiger partial charge in [0.05, 0.1) is 10.5 Å². The largest absolute Gasteiger partial charge is 0.295 e. The quantitative estimate of drug-likeness (QED) is 0.494. The van der Waals surface area contributed by atoms with Gasteiger partial charge in [-0.25, -0.2) is 4.39 Å². The summed E-state index contributed by atoms with van der Waals surface area (Å²) in [7, 11) is 0. The predicted molar refractivity (Wildman–Crippen MR) is 60.1 cm³/mol. The van der Waals surface area contributed by atoms with Gasteiger partial charge in [-0.2, -0.15) is 20.9 Å². The third-order valence-electron chi connectivity index (χ3n) is 1.90. The van der Waals surface area contributed by atoms with Crippen LogP contribution in [0, 0.1) is 49.9 Å². The van der Waals surface area contributed by atoms with Gasteiger partial charge in [-0.15, -0.1) is 0 Å². The lowest BCUT2D eigenvalue weighted by atomic mass is 10.2. The Morgan fingerprint density at radius 1 is 1.37 bits per heavy atom. The highest BCUT2D eigenvalue weighted by Crippen LogP contribution is 2.27. The molecule has 0 saturated heterocycles. The average molecular weight is 258 g/mol. The first-order valence-corrected chi connectivity index (χ1v) is 4.55. The Kier molecular flexibility index (Phi) is 4.07. The number of anilines is 1. The molecule has 0 amide bonds. The molecule has 0 radical (unpaired) electrons. The number of hydrazone groups is 1. The molecule has 0 aliphatic rings. The van der Waals surface area contributed by atoms with Crippen molar-refractivity contribution in [2.45, 2.75) is 0 Å². The lowest BCUT2D eigenvalue weighted by Gasteiger charge is -2.03. The zero-order chi connectivity index (χ0) is 14.4. The third-order valence-corrected chi connectivity index (χ3v) is 1.90. The van der Waals surface area contributed by atoms with E-state index < -0.39 is 27.7 Å². The van der Waals surface area contributed by atoms with Crippen molar-refractivity contribution in [3.05, 3.63) is 33.6 Å². The molecule has 0 aliphatic heterocycles. The molecule has 0 aliphatic carbocycles. The lowest BCUT2D eigenvalue weighted by Crippen LogP contribution is -2.01. The molecule has 1 aromatic carbocycles. The molecule has 1 N–H and O–H groups in total. The van der Waals surface area contributed by atoms with Crippen molar-refractivity contribution in [2.24, 2.45) is 5.10 Å². The highest BCUT2D eigenvalue weighted by atomic mass is 19.1. The molecule has 0 unspecified atom stereocenters. The maximum Gasteiger partial charge on any atom is 0.295 e. The second-order valence-corrected chi connectivity index (χ2v) is 3.01. The Hall–Kier alpha value is -3.51. The number of nitrogens with one attached hydrogen (secondary N) is 1. The maximum absolute atomic E-state index is 13.3. The number of nitro benzene ring substituents is 1. The van der Waals surface area contributed by atoms with Gasteiger partial charge in [0.15, 0.2) is 0 Å². The van der Waals surface area contributed by atoms with E-state index in [1.54, 1.807) is 0 Å². The van der Waals surface area contributed by atoms with Crippen LogP contribution in [-0.2, 0) is 0 Å². The molecular weight excluding hydrogens is 255 g/mol. The molecule has 92 valence electrons. The van der Waals surface area contributed by atoms with Crippen LogP contribution in [0.4, 0.5) is 15.8 Å². The summed E-state index contributed by atoms with van der Waals surface area (Å²) in [5, 5.41) is 39.4. The Morgan fingerprint density at radius 2 is 2.00 bits per heavy atom. The number of hydrogen-bond donors (Lipinski definition) is 1. The van der Waals surface area contributed by atoms with Crippen molar-refractivity contribution in [1.82, 2.24) is 0 Å². The molecule has 0 saturated carbocycles. The van der Waals surface area contributed by atoms with Gasteiger partial charge in [-0.05, 0) is 0 Å². The number of rotatable bonds is 3. The summed E-state index contributed by atoms with van der Waals surface area (Å²) in [6.07, 6.45) is 0. The minimum atomic E-state index is -0.985. The number of halogens is 1. The third kappa shape index (κ3) is 2.99.